The molecule has 0 aliphatic rings. The number of ether oxygens (including phenoxy) is 2. The van der Waals surface area contributed by atoms with Gasteiger partial charge in [0, 0.05) is 40.3 Å². The van der Waals surface area contributed by atoms with E-state index in [1.807, 2.05) is 30.3 Å². The van der Waals surface area contributed by atoms with Gasteiger partial charge < -0.3 is 14.0 Å². The van der Waals surface area contributed by atoms with Crippen LogP contribution in [0.3, 0.4) is 0 Å². The molecule has 0 aliphatic heterocycles. The number of aromatic nitrogens is 4. The fourth-order valence-electron chi connectivity index (χ4n) is 6.42. The summed E-state index contributed by atoms with van der Waals surface area (Å²) < 4.78 is 16.2. The van der Waals surface area contributed by atoms with Crippen LogP contribution in [0.15, 0.2) is 97.2 Å². The number of rotatable bonds is 8. The number of pyridine rings is 1. The first-order chi connectivity index (χ1) is 22.7. The molecule has 0 N–H and O–H groups in total. The zero-order chi connectivity index (χ0) is 32.7. The third kappa shape index (κ3) is 6.18. The maximum atomic E-state index is 6.55. The summed E-state index contributed by atoms with van der Waals surface area (Å²) in [5, 5.41) is 7.41. The van der Waals surface area contributed by atoms with Gasteiger partial charge in [0.1, 0.15) is 11.6 Å². The Morgan fingerprint density at radius 2 is 1.60 bits per heavy atom. The van der Waals surface area contributed by atoms with E-state index in [0.29, 0.717) is 11.5 Å². The van der Waals surface area contributed by atoms with E-state index in [4.69, 9.17) is 14.6 Å². The third-order valence-electron chi connectivity index (χ3n) is 8.38. The standard InChI is InChI=1S/C41H38N4O2.Pt/c1-7-13-35-39(28-14-9-8-10-15-28)40(41(3,4)5)45(43-35)29-22-27(2)23-32(24-29)47-31-18-19-34-33-16-11-12-17-36(33)44(37(34)25-31)38-26-30(46-6)20-21-42-38;/h8-12,14-23,26H,7,13H2,1-6H3;/q-2;+2. The van der Waals surface area contributed by atoms with Crippen molar-refractivity contribution in [2.75, 3.05) is 7.11 Å². The monoisotopic (exact) mass is 813 g/mol. The fraction of sp³-hybridized carbons (Fsp3) is 0.220. The molecule has 48 heavy (non-hydrogen) atoms. The normalized spacial score (nSPS) is 11.5. The second kappa shape index (κ2) is 13.4. The van der Waals surface area contributed by atoms with Gasteiger partial charge >= 0.3 is 21.1 Å². The predicted molar refractivity (Wildman–Crippen MR) is 189 cm³/mol. The molecule has 0 bridgehead atoms. The maximum absolute atomic E-state index is 6.55. The van der Waals surface area contributed by atoms with E-state index >= 15 is 0 Å². The Balaban J connectivity index is 0.00000401. The van der Waals surface area contributed by atoms with Crippen molar-refractivity contribution >= 4 is 21.8 Å². The Bertz CT molecular complexity index is 2230. The van der Waals surface area contributed by atoms with Crippen LogP contribution < -0.4 is 9.47 Å². The van der Waals surface area contributed by atoms with E-state index in [9.17, 15) is 0 Å². The summed E-state index contributed by atoms with van der Waals surface area (Å²) in [6.45, 7) is 11.0. The van der Waals surface area contributed by atoms with Gasteiger partial charge in [0.15, 0.2) is 0 Å². The van der Waals surface area contributed by atoms with Crippen LogP contribution in [0.2, 0.25) is 0 Å². The molecule has 7 rings (SSSR count). The second-order valence-corrected chi connectivity index (χ2v) is 12.9. The molecular formula is C41H38N4O2Pt. The first-order valence-corrected chi connectivity index (χ1v) is 16.1. The van der Waals surface area contributed by atoms with Crippen molar-refractivity contribution in [1.29, 1.82) is 0 Å². The zero-order valence-corrected chi connectivity index (χ0v) is 30.3. The number of aryl methyl sites for hydroxylation is 2. The minimum Gasteiger partial charge on any atom is -0.509 e. The molecule has 0 saturated carbocycles. The topological polar surface area (TPSA) is 54.1 Å². The number of fused-ring (bicyclic) bond motifs is 3. The first-order valence-electron chi connectivity index (χ1n) is 16.1. The molecule has 3 heterocycles. The van der Waals surface area contributed by atoms with Crippen LogP contribution in [-0.2, 0) is 32.9 Å². The largest absolute Gasteiger partial charge is 2.00 e. The van der Waals surface area contributed by atoms with Crippen molar-refractivity contribution in [1.82, 2.24) is 19.3 Å². The van der Waals surface area contributed by atoms with Gasteiger partial charge in [-0.1, -0.05) is 95.1 Å². The van der Waals surface area contributed by atoms with Crippen molar-refractivity contribution < 1.29 is 30.5 Å². The van der Waals surface area contributed by atoms with E-state index < -0.39 is 0 Å². The molecule has 0 radical (unpaired) electrons. The van der Waals surface area contributed by atoms with Gasteiger partial charge in [-0.25, -0.2) is 4.98 Å². The van der Waals surface area contributed by atoms with Gasteiger partial charge in [-0.05, 0) is 35.2 Å². The van der Waals surface area contributed by atoms with Crippen LogP contribution in [-0.4, -0.2) is 26.4 Å². The van der Waals surface area contributed by atoms with Gasteiger partial charge in [0.25, 0.3) is 0 Å². The molecule has 0 aliphatic carbocycles. The van der Waals surface area contributed by atoms with E-state index in [-0.39, 0.29) is 26.5 Å². The summed E-state index contributed by atoms with van der Waals surface area (Å²) >= 11 is 0. The summed E-state index contributed by atoms with van der Waals surface area (Å²) in [6.07, 6.45) is 3.65. The predicted octanol–water partition coefficient (Wildman–Crippen LogP) is 9.99. The van der Waals surface area contributed by atoms with Crippen molar-refractivity contribution in [3.63, 3.8) is 0 Å². The molecule has 244 valence electrons. The Morgan fingerprint density at radius 1 is 0.833 bits per heavy atom. The van der Waals surface area contributed by atoms with E-state index in [2.05, 4.69) is 122 Å². The van der Waals surface area contributed by atoms with Crippen molar-refractivity contribution in [3.8, 4) is 39.9 Å². The molecule has 7 heteroatoms. The molecule has 0 unspecified atom stereocenters. The maximum Gasteiger partial charge on any atom is 2.00 e. The quantitative estimate of drug-likeness (QED) is 0.144. The SMILES string of the molecule is CCCc1nn(-c2[c-]c(Oc3[c-]c4c(cc3)c3ccccc3n4-c3cc(OC)ccn3)cc(C)c2)c(C(C)(C)C)c1-c1ccccc1.[Pt+2]. The van der Waals surface area contributed by atoms with Crippen LogP contribution in [0.25, 0.3) is 44.4 Å². The molecule has 7 aromatic rings. The minimum atomic E-state index is -0.177. The smallest absolute Gasteiger partial charge is 0.509 e. The third-order valence-corrected chi connectivity index (χ3v) is 8.38. The van der Waals surface area contributed by atoms with Crippen LogP contribution in [0, 0.1) is 19.1 Å². The van der Waals surface area contributed by atoms with E-state index in [1.165, 1.54) is 11.1 Å². The molecule has 3 aromatic heterocycles. The average molecular weight is 814 g/mol. The number of hydrogen-bond acceptors (Lipinski definition) is 4. The molecule has 6 nitrogen and oxygen atoms in total. The average Bonchev–Trinajstić information content (AvgIpc) is 3.61. The molecular weight excluding hydrogens is 776 g/mol. The van der Waals surface area contributed by atoms with Gasteiger partial charge in [0.2, 0.25) is 0 Å². The second-order valence-electron chi connectivity index (χ2n) is 12.9. The number of para-hydroxylation sites is 1. The van der Waals surface area contributed by atoms with Crippen LogP contribution in [0.1, 0.15) is 51.1 Å². The summed E-state index contributed by atoms with van der Waals surface area (Å²) in [5.41, 5.74) is 8.27. The van der Waals surface area contributed by atoms with Crippen LogP contribution in [0.4, 0.5) is 0 Å². The van der Waals surface area contributed by atoms with E-state index in [0.717, 1.165) is 68.9 Å². The number of nitrogens with zero attached hydrogens (tertiary/aromatic N) is 4. The number of benzene rings is 4. The van der Waals surface area contributed by atoms with Crippen LogP contribution >= 0.6 is 0 Å². The Hall–Kier alpha value is -4.67. The van der Waals surface area contributed by atoms with Crippen LogP contribution in [0.5, 0.6) is 17.2 Å². The molecule has 0 fully saturated rings. The van der Waals surface area contributed by atoms with Gasteiger partial charge in [0.05, 0.1) is 18.5 Å². The summed E-state index contributed by atoms with van der Waals surface area (Å²) in [6, 6.07) is 38.0. The summed E-state index contributed by atoms with van der Waals surface area (Å²) in [4.78, 5) is 4.68. The molecule has 4 aromatic carbocycles. The molecule has 0 amide bonds. The molecule has 0 saturated heterocycles. The number of methoxy groups -OCH3 is 1. The van der Waals surface area contributed by atoms with Crippen molar-refractivity contribution in [2.24, 2.45) is 0 Å². The number of hydrogen-bond donors (Lipinski definition) is 0. The Labute approximate surface area is 296 Å². The molecule has 0 spiro atoms. The summed E-state index contributed by atoms with van der Waals surface area (Å²) in [7, 11) is 1.66. The zero-order valence-electron chi connectivity index (χ0n) is 28.1. The van der Waals surface area contributed by atoms with E-state index in [1.54, 1.807) is 13.3 Å². The molecule has 0 atom stereocenters. The van der Waals surface area contributed by atoms with Gasteiger partial charge in [-0.15, -0.1) is 35.7 Å². The van der Waals surface area contributed by atoms with Gasteiger partial charge in [-0.3, -0.25) is 4.68 Å². The Morgan fingerprint density at radius 3 is 2.35 bits per heavy atom. The van der Waals surface area contributed by atoms with Crippen molar-refractivity contribution in [2.45, 2.75) is 52.9 Å². The Kier molecular flexibility index (Phi) is 9.31. The minimum absolute atomic E-state index is 0. The van der Waals surface area contributed by atoms with Gasteiger partial charge in [-0.2, -0.15) is 16.7 Å². The fourth-order valence-corrected chi connectivity index (χ4v) is 6.42. The first kappa shape index (κ1) is 33.2. The van der Waals surface area contributed by atoms with Crippen molar-refractivity contribution in [3.05, 3.63) is 126 Å². The summed E-state index contributed by atoms with van der Waals surface area (Å²) in [5.74, 6) is 2.68.